The highest BCUT2D eigenvalue weighted by molar-refractivity contribution is 6.03. The lowest BCUT2D eigenvalue weighted by Crippen LogP contribution is -2.05. The summed E-state index contributed by atoms with van der Waals surface area (Å²) >= 11 is 0. The maximum Gasteiger partial charge on any atom is 0.150 e. The number of nitrogens with one attached hydrogen (secondary N) is 1. The summed E-state index contributed by atoms with van der Waals surface area (Å²) < 4.78 is 11.6. The Labute approximate surface area is 177 Å². The van der Waals surface area contributed by atoms with E-state index in [9.17, 15) is 0 Å². The highest BCUT2D eigenvalue weighted by Gasteiger charge is 2.21. The van der Waals surface area contributed by atoms with Gasteiger partial charge in [0.05, 0.1) is 25.4 Å². The van der Waals surface area contributed by atoms with Gasteiger partial charge in [0, 0.05) is 21.7 Å². The number of methoxy groups -OCH3 is 2. The zero-order chi connectivity index (χ0) is 21.6. The van der Waals surface area contributed by atoms with Crippen LogP contribution in [0.4, 0.5) is 11.5 Å². The number of rotatable bonds is 4. The fourth-order valence-electron chi connectivity index (χ4n) is 4.29. The molecule has 0 fully saturated rings. The van der Waals surface area contributed by atoms with Crippen molar-refractivity contribution in [3.8, 4) is 11.5 Å². The molecule has 0 atom stereocenters. The van der Waals surface area contributed by atoms with Crippen LogP contribution in [0.1, 0.15) is 27.8 Å². The van der Waals surface area contributed by atoms with Gasteiger partial charge in [-0.15, -0.1) is 0 Å². The molecule has 4 aromatic rings. The molecule has 30 heavy (non-hydrogen) atoms. The first-order valence-electron chi connectivity index (χ1n) is 10.0. The first-order chi connectivity index (χ1) is 14.4. The van der Waals surface area contributed by atoms with Crippen LogP contribution in [-0.4, -0.2) is 24.2 Å². The molecule has 1 aromatic heterocycles. The standard InChI is InChI=1S/C25H27N3O2/c1-13-14(2)16(4)21-20(15(13)3)25(27-12-26-21)28-22-17(5)23(29-6)18-10-8-9-11-19(18)24(22)30-7/h8-12H,1-7H3,(H,26,27,28). The third kappa shape index (κ3) is 2.84. The topological polar surface area (TPSA) is 56.3 Å². The largest absolute Gasteiger partial charge is 0.496 e. The third-order valence-electron chi connectivity index (χ3n) is 6.28. The highest BCUT2D eigenvalue weighted by Crippen LogP contribution is 2.45. The van der Waals surface area contributed by atoms with Gasteiger partial charge in [0.1, 0.15) is 17.9 Å². The molecule has 0 spiro atoms. The Hall–Kier alpha value is -3.34. The lowest BCUT2D eigenvalue weighted by atomic mass is 9.94. The number of hydrogen-bond acceptors (Lipinski definition) is 5. The van der Waals surface area contributed by atoms with E-state index in [1.807, 2.05) is 31.2 Å². The van der Waals surface area contributed by atoms with Crippen molar-refractivity contribution in [2.75, 3.05) is 19.5 Å². The van der Waals surface area contributed by atoms with Crippen molar-refractivity contribution in [3.05, 3.63) is 58.4 Å². The molecule has 1 N–H and O–H groups in total. The lowest BCUT2D eigenvalue weighted by Gasteiger charge is -2.21. The predicted molar refractivity (Wildman–Crippen MR) is 124 cm³/mol. The average Bonchev–Trinajstić information content (AvgIpc) is 2.76. The Balaban J connectivity index is 2.03. The molecule has 0 bridgehead atoms. The van der Waals surface area contributed by atoms with Crippen LogP contribution in [0.3, 0.4) is 0 Å². The molecule has 0 amide bonds. The van der Waals surface area contributed by atoms with Crippen molar-refractivity contribution in [2.24, 2.45) is 0 Å². The second-order valence-corrected chi connectivity index (χ2v) is 7.68. The van der Waals surface area contributed by atoms with Crippen LogP contribution in [0.2, 0.25) is 0 Å². The van der Waals surface area contributed by atoms with E-state index in [-0.39, 0.29) is 0 Å². The van der Waals surface area contributed by atoms with E-state index in [0.29, 0.717) is 0 Å². The molecule has 0 aliphatic carbocycles. The van der Waals surface area contributed by atoms with Gasteiger partial charge in [0.25, 0.3) is 0 Å². The van der Waals surface area contributed by atoms with Gasteiger partial charge >= 0.3 is 0 Å². The molecule has 0 saturated heterocycles. The SMILES string of the molecule is COc1c(C)c(Nc2ncnc3c(C)c(C)c(C)c(C)c23)c(OC)c2ccccc12. The Kier molecular flexibility index (Phi) is 4.98. The fraction of sp³-hybridized carbons (Fsp3) is 0.280. The minimum Gasteiger partial charge on any atom is -0.496 e. The Morgan fingerprint density at radius 2 is 1.30 bits per heavy atom. The number of ether oxygens (including phenoxy) is 2. The molecule has 154 valence electrons. The van der Waals surface area contributed by atoms with Crippen molar-refractivity contribution in [3.63, 3.8) is 0 Å². The van der Waals surface area contributed by atoms with Gasteiger partial charge in [-0.3, -0.25) is 0 Å². The zero-order valence-corrected chi connectivity index (χ0v) is 18.6. The normalized spacial score (nSPS) is 11.2. The molecule has 4 rings (SSSR count). The third-order valence-corrected chi connectivity index (χ3v) is 6.28. The molecule has 5 heteroatoms. The van der Waals surface area contributed by atoms with Crippen LogP contribution < -0.4 is 14.8 Å². The quantitative estimate of drug-likeness (QED) is 0.449. The average molecular weight is 402 g/mol. The number of aryl methyl sites for hydroxylation is 2. The van der Waals surface area contributed by atoms with E-state index >= 15 is 0 Å². The van der Waals surface area contributed by atoms with Gasteiger partial charge in [-0.2, -0.15) is 0 Å². The summed E-state index contributed by atoms with van der Waals surface area (Å²) in [6, 6.07) is 8.10. The van der Waals surface area contributed by atoms with Crippen LogP contribution in [0.15, 0.2) is 30.6 Å². The van der Waals surface area contributed by atoms with E-state index in [1.165, 1.54) is 22.3 Å². The molecule has 0 saturated carbocycles. The van der Waals surface area contributed by atoms with E-state index in [0.717, 1.165) is 50.2 Å². The number of aromatic nitrogens is 2. The molecule has 5 nitrogen and oxygen atoms in total. The minimum absolute atomic E-state index is 0.766. The van der Waals surface area contributed by atoms with E-state index in [2.05, 4.69) is 43.0 Å². The fourth-order valence-corrected chi connectivity index (χ4v) is 4.29. The maximum atomic E-state index is 5.86. The predicted octanol–water partition coefficient (Wildman–Crippen LogP) is 6.09. The molecule has 0 radical (unpaired) electrons. The highest BCUT2D eigenvalue weighted by atomic mass is 16.5. The smallest absolute Gasteiger partial charge is 0.150 e. The number of fused-ring (bicyclic) bond motifs is 2. The monoisotopic (exact) mass is 401 g/mol. The first-order valence-corrected chi connectivity index (χ1v) is 10.0. The molecule has 0 aliphatic heterocycles. The molecular formula is C25H27N3O2. The number of benzene rings is 3. The van der Waals surface area contributed by atoms with E-state index in [4.69, 9.17) is 9.47 Å². The van der Waals surface area contributed by atoms with Crippen molar-refractivity contribution >= 4 is 33.2 Å². The second kappa shape index (κ2) is 7.48. The molecule has 1 heterocycles. The molecular weight excluding hydrogens is 374 g/mol. The minimum atomic E-state index is 0.766. The molecule has 0 aliphatic rings. The number of anilines is 2. The zero-order valence-electron chi connectivity index (χ0n) is 18.6. The summed E-state index contributed by atoms with van der Waals surface area (Å²) in [6.07, 6.45) is 1.62. The molecule has 3 aromatic carbocycles. The van der Waals surface area contributed by atoms with Crippen molar-refractivity contribution in [1.29, 1.82) is 0 Å². The second-order valence-electron chi connectivity index (χ2n) is 7.68. The summed E-state index contributed by atoms with van der Waals surface area (Å²) in [5.74, 6) is 2.36. The van der Waals surface area contributed by atoms with Gasteiger partial charge in [-0.25, -0.2) is 9.97 Å². The van der Waals surface area contributed by atoms with Crippen LogP contribution >= 0.6 is 0 Å². The van der Waals surface area contributed by atoms with Crippen LogP contribution in [-0.2, 0) is 0 Å². The first kappa shape index (κ1) is 20.0. The van der Waals surface area contributed by atoms with Gasteiger partial charge in [-0.05, 0) is 56.9 Å². The maximum absolute atomic E-state index is 5.86. The summed E-state index contributed by atoms with van der Waals surface area (Å²) in [5, 5.41) is 6.60. The van der Waals surface area contributed by atoms with Crippen LogP contribution in [0.25, 0.3) is 21.7 Å². The Morgan fingerprint density at radius 1 is 0.700 bits per heavy atom. The van der Waals surface area contributed by atoms with Crippen molar-refractivity contribution in [1.82, 2.24) is 9.97 Å². The van der Waals surface area contributed by atoms with Gasteiger partial charge in [0.2, 0.25) is 0 Å². The van der Waals surface area contributed by atoms with Gasteiger partial charge < -0.3 is 14.8 Å². The van der Waals surface area contributed by atoms with Crippen LogP contribution in [0, 0.1) is 34.6 Å². The summed E-state index contributed by atoms with van der Waals surface area (Å²) in [6.45, 7) is 10.6. The van der Waals surface area contributed by atoms with Crippen LogP contribution in [0.5, 0.6) is 11.5 Å². The molecule has 0 unspecified atom stereocenters. The number of nitrogens with zero attached hydrogens (tertiary/aromatic N) is 2. The number of hydrogen-bond donors (Lipinski definition) is 1. The summed E-state index contributed by atoms with van der Waals surface area (Å²) in [5.41, 5.74) is 7.68. The Morgan fingerprint density at radius 3 is 1.93 bits per heavy atom. The Bertz CT molecular complexity index is 1300. The van der Waals surface area contributed by atoms with E-state index < -0.39 is 0 Å². The lowest BCUT2D eigenvalue weighted by molar-refractivity contribution is 0.409. The van der Waals surface area contributed by atoms with Crippen molar-refractivity contribution in [2.45, 2.75) is 34.6 Å². The summed E-state index contributed by atoms with van der Waals surface area (Å²) in [4.78, 5) is 9.20. The summed E-state index contributed by atoms with van der Waals surface area (Å²) in [7, 11) is 3.39. The van der Waals surface area contributed by atoms with Crippen molar-refractivity contribution < 1.29 is 9.47 Å². The van der Waals surface area contributed by atoms with Gasteiger partial charge in [-0.1, -0.05) is 24.3 Å². The van der Waals surface area contributed by atoms with E-state index in [1.54, 1.807) is 20.5 Å². The van der Waals surface area contributed by atoms with Gasteiger partial charge in [0.15, 0.2) is 5.75 Å².